The van der Waals surface area contributed by atoms with Crippen LogP contribution in [0.2, 0.25) is 0 Å². The van der Waals surface area contributed by atoms with Gasteiger partial charge in [-0.2, -0.15) is 0 Å². The lowest BCUT2D eigenvalue weighted by Gasteiger charge is -2.07. The molecule has 12 heavy (non-hydrogen) atoms. The van der Waals surface area contributed by atoms with Crippen LogP contribution >= 0.6 is 0 Å². The van der Waals surface area contributed by atoms with Crippen molar-refractivity contribution in [3.8, 4) is 0 Å². The molecular weight excluding hydrogens is 158 g/mol. The summed E-state index contributed by atoms with van der Waals surface area (Å²) in [6.07, 6.45) is -1.10. The molecule has 1 aromatic heterocycles. The van der Waals surface area contributed by atoms with Crippen LogP contribution in [-0.4, -0.2) is 22.2 Å². The highest BCUT2D eigenvalue weighted by atomic mass is 16.6. The predicted molar refractivity (Wildman–Crippen MR) is 43.2 cm³/mol. The molecule has 0 saturated heterocycles. The summed E-state index contributed by atoms with van der Waals surface area (Å²) in [5.74, 6) is 0.517. The zero-order chi connectivity index (χ0) is 9.14. The molecule has 5 nitrogen and oxygen atoms in total. The van der Waals surface area contributed by atoms with Crippen molar-refractivity contribution in [3.05, 3.63) is 17.6 Å². The number of aromatic nitrogens is 2. The lowest BCUT2D eigenvalue weighted by Crippen LogP contribution is -2.08. The van der Waals surface area contributed by atoms with Crippen molar-refractivity contribution in [3.63, 3.8) is 0 Å². The molecule has 0 aliphatic carbocycles. The van der Waals surface area contributed by atoms with E-state index >= 15 is 0 Å². The Labute approximate surface area is 70.2 Å². The second-order valence-corrected chi connectivity index (χ2v) is 2.38. The van der Waals surface area contributed by atoms with E-state index in [1.165, 1.54) is 7.11 Å². The van der Waals surface area contributed by atoms with Crippen LogP contribution in [0.5, 0.6) is 0 Å². The average molecular weight is 169 g/mol. The zero-order valence-corrected chi connectivity index (χ0v) is 6.98. The van der Waals surface area contributed by atoms with Gasteiger partial charge in [-0.1, -0.05) is 0 Å². The number of aryl methyl sites for hydroxylation is 1. The van der Waals surface area contributed by atoms with Gasteiger partial charge in [0.1, 0.15) is 5.82 Å². The lowest BCUT2D eigenvalue weighted by atomic mass is 10.4. The van der Waals surface area contributed by atoms with Crippen molar-refractivity contribution in [2.45, 2.75) is 13.2 Å². The summed E-state index contributed by atoms with van der Waals surface area (Å²) in [7, 11) is 1.37. The van der Waals surface area contributed by atoms with E-state index < -0.39 is 6.29 Å². The summed E-state index contributed by atoms with van der Waals surface area (Å²) < 4.78 is 4.62. The third-order valence-corrected chi connectivity index (χ3v) is 1.34. The number of rotatable bonds is 2. The summed E-state index contributed by atoms with van der Waals surface area (Å²) in [5.41, 5.74) is 6.14. The van der Waals surface area contributed by atoms with E-state index in [2.05, 4.69) is 14.7 Å². The van der Waals surface area contributed by atoms with Crippen molar-refractivity contribution in [1.82, 2.24) is 9.97 Å². The van der Waals surface area contributed by atoms with Gasteiger partial charge in [0.15, 0.2) is 5.82 Å². The van der Waals surface area contributed by atoms with Gasteiger partial charge in [-0.15, -0.1) is 0 Å². The first-order valence-corrected chi connectivity index (χ1v) is 3.45. The first-order chi connectivity index (χ1) is 5.63. The molecule has 0 amide bonds. The summed E-state index contributed by atoms with van der Waals surface area (Å²) in [5, 5.41) is 9.18. The number of nitrogens with zero attached hydrogens (tertiary/aromatic N) is 2. The molecule has 0 bridgehead atoms. The Hall–Kier alpha value is -1.20. The number of aliphatic hydroxyl groups excluding tert-OH is 1. The van der Waals surface area contributed by atoms with E-state index in [1.807, 2.05) is 0 Å². The van der Waals surface area contributed by atoms with Crippen molar-refractivity contribution in [1.29, 1.82) is 0 Å². The maximum absolute atomic E-state index is 9.18. The van der Waals surface area contributed by atoms with Gasteiger partial charge in [0.25, 0.3) is 0 Å². The molecule has 1 rings (SSSR count). The molecule has 0 aliphatic rings. The fraction of sp³-hybridized carbons (Fsp3) is 0.429. The van der Waals surface area contributed by atoms with E-state index in [1.54, 1.807) is 13.0 Å². The Morgan fingerprint density at radius 1 is 1.58 bits per heavy atom. The zero-order valence-electron chi connectivity index (χ0n) is 6.98. The molecule has 3 N–H and O–H groups in total. The number of hydrogen-bond acceptors (Lipinski definition) is 5. The quantitative estimate of drug-likeness (QED) is 0.609. The molecule has 0 aliphatic heterocycles. The maximum Gasteiger partial charge on any atom is 0.216 e. The van der Waals surface area contributed by atoms with E-state index in [0.29, 0.717) is 11.5 Å². The van der Waals surface area contributed by atoms with Crippen LogP contribution in [0.3, 0.4) is 0 Å². The Morgan fingerprint density at radius 3 is 2.75 bits per heavy atom. The van der Waals surface area contributed by atoms with Gasteiger partial charge in [0.2, 0.25) is 6.29 Å². The summed E-state index contributed by atoms with van der Waals surface area (Å²) in [6, 6.07) is 1.62. The third-order valence-electron chi connectivity index (χ3n) is 1.34. The molecule has 1 unspecified atom stereocenters. The first-order valence-electron chi connectivity index (χ1n) is 3.45. The van der Waals surface area contributed by atoms with Crippen LogP contribution in [0.1, 0.15) is 17.8 Å². The van der Waals surface area contributed by atoms with Crippen LogP contribution in [-0.2, 0) is 4.74 Å². The van der Waals surface area contributed by atoms with Crippen molar-refractivity contribution < 1.29 is 9.84 Å². The number of ether oxygens (including phenoxy) is 1. The maximum atomic E-state index is 9.18. The Bertz CT molecular complexity index is 257. The standard InChI is InChI=1S/C7H11N3O2/c1-4-3-5(8)10-6(9-4)7(11)12-2/h3,7,11H,1-2H3,(H2,8,9,10). The van der Waals surface area contributed by atoms with Gasteiger partial charge < -0.3 is 15.6 Å². The molecule has 0 aromatic carbocycles. The number of anilines is 1. The van der Waals surface area contributed by atoms with E-state index in [0.717, 1.165) is 0 Å². The molecule has 0 radical (unpaired) electrons. The molecular formula is C7H11N3O2. The molecule has 1 heterocycles. The lowest BCUT2D eigenvalue weighted by molar-refractivity contribution is -0.0830. The van der Waals surface area contributed by atoms with Crippen molar-refractivity contribution >= 4 is 5.82 Å². The van der Waals surface area contributed by atoms with Gasteiger partial charge in [-0.25, -0.2) is 9.97 Å². The summed E-state index contributed by atoms with van der Waals surface area (Å²) in [4.78, 5) is 7.74. The SMILES string of the molecule is COC(O)c1nc(C)cc(N)n1. The van der Waals surface area contributed by atoms with Crippen molar-refractivity contribution in [2.24, 2.45) is 0 Å². The smallest absolute Gasteiger partial charge is 0.216 e. The average Bonchev–Trinajstić information content (AvgIpc) is 2.01. The van der Waals surface area contributed by atoms with Gasteiger partial charge in [0.05, 0.1) is 0 Å². The third kappa shape index (κ3) is 1.90. The second kappa shape index (κ2) is 3.46. The minimum absolute atomic E-state index is 0.190. The monoisotopic (exact) mass is 169 g/mol. The Balaban J connectivity index is 3.00. The normalized spacial score (nSPS) is 12.9. The number of nitrogen functional groups attached to an aromatic ring is 1. The van der Waals surface area contributed by atoms with Crippen LogP contribution < -0.4 is 5.73 Å². The summed E-state index contributed by atoms with van der Waals surface area (Å²) in [6.45, 7) is 1.77. The molecule has 0 saturated carbocycles. The van der Waals surface area contributed by atoms with E-state index in [-0.39, 0.29) is 5.82 Å². The minimum Gasteiger partial charge on any atom is -0.384 e. The van der Waals surface area contributed by atoms with Crippen molar-refractivity contribution in [2.75, 3.05) is 12.8 Å². The topological polar surface area (TPSA) is 81.3 Å². The van der Waals surface area contributed by atoms with Crippen LogP contribution in [0.4, 0.5) is 5.82 Å². The Morgan fingerprint density at radius 2 is 2.25 bits per heavy atom. The van der Waals surface area contributed by atoms with E-state index in [4.69, 9.17) is 5.73 Å². The molecule has 0 spiro atoms. The fourth-order valence-electron chi connectivity index (χ4n) is 0.832. The van der Waals surface area contributed by atoms with E-state index in [9.17, 15) is 5.11 Å². The van der Waals surface area contributed by atoms with Crippen LogP contribution in [0, 0.1) is 6.92 Å². The number of hydrogen-bond donors (Lipinski definition) is 2. The van der Waals surface area contributed by atoms with Crippen LogP contribution in [0.15, 0.2) is 6.07 Å². The first kappa shape index (κ1) is 8.89. The fourth-order valence-corrected chi connectivity index (χ4v) is 0.832. The molecule has 0 fully saturated rings. The highest BCUT2D eigenvalue weighted by Gasteiger charge is 2.09. The highest BCUT2D eigenvalue weighted by molar-refractivity contribution is 5.29. The number of nitrogens with two attached hydrogens (primary N) is 1. The number of aliphatic hydroxyl groups is 1. The molecule has 1 aromatic rings. The largest absolute Gasteiger partial charge is 0.384 e. The van der Waals surface area contributed by atoms with Gasteiger partial charge in [0, 0.05) is 18.9 Å². The number of methoxy groups -OCH3 is 1. The van der Waals surface area contributed by atoms with Gasteiger partial charge in [-0.3, -0.25) is 0 Å². The molecule has 1 atom stereocenters. The molecule has 5 heteroatoms. The molecule has 66 valence electrons. The minimum atomic E-state index is -1.10. The van der Waals surface area contributed by atoms with Gasteiger partial charge >= 0.3 is 0 Å². The Kier molecular flexibility index (Phi) is 2.57. The summed E-state index contributed by atoms with van der Waals surface area (Å²) >= 11 is 0. The van der Waals surface area contributed by atoms with Gasteiger partial charge in [-0.05, 0) is 6.92 Å². The predicted octanol–water partition coefficient (Wildman–Crippen LogP) is 0.00452. The highest BCUT2D eigenvalue weighted by Crippen LogP contribution is 2.10. The van der Waals surface area contributed by atoms with Crippen LogP contribution in [0.25, 0.3) is 0 Å². The second-order valence-electron chi connectivity index (χ2n) is 2.38.